The first kappa shape index (κ1) is 15.2. The minimum atomic E-state index is 0.308. The maximum absolute atomic E-state index is 4.56. The van der Waals surface area contributed by atoms with Gasteiger partial charge >= 0.3 is 0 Å². The van der Waals surface area contributed by atoms with Gasteiger partial charge in [-0.15, -0.1) is 0 Å². The zero-order valence-electron chi connectivity index (χ0n) is 12.6. The molecule has 0 aromatic carbocycles. The lowest BCUT2D eigenvalue weighted by Crippen LogP contribution is -2.28. The van der Waals surface area contributed by atoms with Gasteiger partial charge in [-0.05, 0) is 42.9 Å². The molecule has 0 spiro atoms. The summed E-state index contributed by atoms with van der Waals surface area (Å²) in [6.45, 7) is 12.3. The summed E-state index contributed by atoms with van der Waals surface area (Å²) in [5, 5.41) is 3.49. The smallest absolute Gasteiger partial charge is 0.0409 e. The summed E-state index contributed by atoms with van der Waals surface area (Å²) in [6, 6.07) is 4.95. The van der Waals surface area contributed by atoms with E-state index in [2.05, 4.69) is 57.1 Å². The van der Waals surface area contributed by atoms with Crippen LogP contribution in [0.15, 0.2) is 18.3 Å². The lowest BCUT2D eigenvalue weighted by molar-refractivity contribution is 0.317. The van der Waals surface area contributed by atoms with Crippen molar-refractivity contribution in [2.75, 3.05) is 6.54 Å². The summed E-state index contributed by atoms with van der Waals surface area (Å²) in [7, 11) is 0. The number of rotatable bonds is 7. The van der Waals surface area contributed by atoms with Gasteiger partial charge in [-0.2, -0.15) is 0 Å². The molecule has 102 valence electrons. The SMILES string of the molecule is CCc1ccc(CC(C)(C)CCNC(C)C)nc1. The molecular formula is C16H28N2. The van der Waals surface area contributed by atoms with Gasteiger partial charge in [0.05, 0.1) is 0 Å². The van der Waals surface area contributed by atoms with Crippen molar-refractivity contribution in [3.8, 4) is 0 Å². The van der Waals surface area contributed by atoms with Gasteiger partial charge < -0.3 is 5.32 Å². The van der Waals surface area contributed by atoms with Crippen LogP contribution in [0.5, 0.6) is 0 Å². The Bertz CT molecular complexity index is 339. The number of nitrogens with zero attached hydrogens (tertiary/aromatic N) is 1. The van der Waals surface area contributed by atoms with Gasteiger partial charge in [0.1, 0.15) is 0 Å². The number of aryl methyl sites for hydroxylation is 1. The largest absolute Gasteiger partial charge is 0.315 e. The van der Waals surface area contributed by atoms with Gasteiger partial charge in [-0.3, -0.25) is 4.98 Å². The molecule has 1 rings (SSSR count). The average molecular weight is 248 g/mol. The molecule has 0 aliphatic carbocycles. The molecule has 0 saturated carbocycles. The van der Waals surface area contributed by atoms with Crippen LogP contribution in [0.2, 0.25) is 0 Å². The number of nitrogens with one attached hydrogen (secondary N) is 1. The fourth-order valence-electron chi connectivity index (χ4n) is 2.05. The molecule has 0 radical (unpaired) electrons. The molecule has 18 heavy (non-hydrogen) atoms. The van der Waals surface area contributed by atoms with Gasteiger partial charge in [-0.25, -0.2) is 0 Å². The maximum Gasteiger partial charge on any atom is 0.0409 e. The van der Waals surface area contributed by atoms with E-state index in [0.717, 1.165) is 19.4 Å². The van der Waals surface area contributed by atoms with Crippen molar-refractivity contribution in [2.45, 2.75) is 59.9 Å². The van der Waals surface area contributed by atoms with E-state index >= 15 is 0 Å². The Morgan fingerprint density at radius 2 is 2.00 bits per heavy atom. The van der Waals surface area contributed by atoms with E-state index in [1.165, 1.54) is 17.7 Å². The van der Waals surface area contributed by atoms with Crippen LogP contribution in [0.25, 0.3) is 0 Å². The van der Waals surface area contributed by atoms with E-state index < -0.39 is 0 Å². The Kier molecular flexibility index (Phi) is 5.80. The zero-order chi connectivity index (χ0) is 13.6. The predicted octanol–water partition coefficient (Wildman–Crippen LogP) is 3.60. The minimum Gasteiger partial charge on any atom is -0.315 e. The molecule has 1 aromatic heterocycles. The van der Waals surface area contributed by atoms with E-state index in [1.807, 2.05) is 6.20 Å². The molecule has 0 aliphatic heterocycles. The van der Waals surface area contributed by atoms with Gasteiger partial charge in [0.15, 0.2) is 0 Å². The van der Waals surface area contributed by atoms with E-state index in [-0.39, 0.29) is 0 Å². The van der Waals surface area contributed by atoms with Crippen molar-refractivity contribution < 1.29 is 0 Å². The maximum atomic E-state index is 4.56. The molecule has 2 heteroatoms. The van der Waals surface area contributed by atoms with Crippen molar-refractivity contribution in [3.05, 3.63) is 29.6 Å². The highest BCUT2D eigenvalue weighted by Crippen LogP contribution is 2.24. The highest BCUT2D eigenvalue weighted by molar-refractivity contribution is 5.14. The summed E-state index contributed by atoms with van der Waals surface area (Å²) in [4.78, 5) is 4.56. The highest BCUT2D eigenvalue weighted by Gasteiger charge is 2.18. The fourth-order valence-corrected chi connectivity index (χ4v) is 2.05. The first-order chi connectivity index (χ1) is 8.43. The third kappa shape index (κ3) is 5.63. The molecule has 0 amide bonds. The monoisotopic (exact) mass is 248 g/mol. The Labute approximate surface area is 112 Å². The van der Waals surface area contributed by atoms with Crippen LogP contribution in [0, 0.1) is 5.41 Å². The molecule has 0 bridgehead atoms. The van der Waals surface area contributed by atoms with Gasteiger partial charge in [0, 0.05) is 17.9 Å². The van der Waals surface area contributed by atoms with Crippen LogP contribution >= 0.6 is 0 Å². The lowest BCUT2D eigenvalue weighted by Gasteiger charge is -2.25. The highest BCUT2D eigenvalue weighted by atomic mass is 14.9. The summed E-state index contributed by atoms with van der Waals surface area (Å²) in [5.41, 5.74) is 2.84. The molecular weight excluding hydrogens is 220 g/mol. The molecule has 0 atom stereocenters. The van der Waals surface area contributed by atoms with Crippen LogP contribution in [0.3, 0.4) is 0 Å². The van der Waals surface area contributed by atoms with Crippen LogP contribution in [0.4, 0.5) is 0 Å². The summed E-state index contributed by atoms with van der Waals surface area (Å²) >= 11 is 0. The lowest BCUT2D eigenvalue weighted by atomic mass is 9.84. The molecule has 1 aromatic rings. The number of aromatic nitrogens is 1. The number of pyridine rings is 1. The second-order valence-corrected chi connectivity index (χ2v) is 6.21. The van der Waals surface area contributed by atoms with E-state index in [0.29, 0.717) is 11.5 Å². The van der Waals surface area contributed by atoms with Gasteiger partial charge in [0.25, 0.3) is 0 Å². The molecule has 1 N–H and O–H groups in total. The molecule has 0 saturated heterocycles. The van der Waals surface area contributed by atoms with Crippen LogP contribution in [-0.4, -0.2) is 17.6 Å². The fraction of sp³-hybridized carbons (Fsp3) is 0.688. The Hall–Kier alpha value is -0.890. The van der Waals surface area contributed by atoms with Crippen LogP contribution in [-0.2, 0) is 12.8 Å². The van der Waals surface area contributed by atoms with Crippen molar-refractivity contribution >= 4 is 0 Å². The Morgan fingerprint density at radius 3 is 2.50 bits per heavy atom. The normalized spacial score (nSPS) is 12.1. The van der Waals surface area contributed by atoms with Crippen molar-refractivity contribution in [3.63, 3.8) is 0 Å². The summed E-state index contributed by atoms with van der Waals surface area (Å²) in [6.07, 6.45) is 5.31. The zero-order valence-corrected chi connectivity index (χ0v) is 12.6. The molecule has 0 aliphatic rings. The predicted molar refractivity (Wildman–Crippen MR) is 78.9 cm³/mol. The standard InChI is InChI=1S/C16H28N2/c1-6-14-7-8-15(18-12-14)11-16(4,5)9-10-17-13(2)3/h7-8,12-13,17H,6,9-11H2,1-5H3. The molecule has 0 unspecified atom stereocenters. The quantitative estimate of drug-likeness (QED) is 0.797. The Balaban J connectivity index is 2.47. The molecule has 2 nitrogen and oxygen atoms in total. The van der Waals surface area contributed by atoms with Gasteiger partial charge in [-0.1, -0.05) is 40.7 Å². The van der Waals surface area contributed by atoms with E-state index in [1.54, 1.807) is 0 Å². The topological polar surface area (TPSA) is 24.9 Å². The first-order valence-corrected chi connectivity index (χ1v) is 7.10. The molecule has 0 fully saturated rings. The minimum absolute atomic E-state index is 0.308. The van der Waals surface area contributed by atoms with E-state index in [4.69, 9.17) is 0 Å². The third-order valence-electron chi connectivity index (χ3n) is 3.31. The van der Waals surface area contributed by atoms with E-state index in [9.17, 15) is 0 Å². The third-order valence-corrected chi connectivity index (χ3v) is 3.31. The summed E-state index contributed by atoms with van der Waals surface area (Å²) < 4.78 is 0. The molecule has 1 heterocycles. The van der Waals surface area contributed by atoms with Crippen molar-refractivity contribution in [2.24, 2.45) is 5.41 Å². The van der Waals surface area contributed by atoms with Gasteiger partial charge in [0.2, 0.25) is 0 Å². The second kappa shape index (κ2) is 6.89. The summed E-state index contributed by atoms with van der Waals surface area (Å²) in [5.74, 6) is 0. The van der Waals surface area contributed by atoms with Crippen LogP contribution < -0.4 is 5.32 Å². The first-order valence-electron chi connectivity index (χ1n) is 7.10. The van der Waals surface area contributed by atoms with Crippen molar-refractivity contribution in [1.82, 2.24) is 10.3 Å². The second-order valence-electron chi connectivity index (χ2n) is 6.21. The average Bonchev–Trinajstić information content (AvgIpc) is 2.28. The Morgan fingerprint density at radius 1 is 1.28 bits per heavy atom. The number of hydrogen-bond donors (Lipinski definition) is 1. The van der Waals surface area contributed by atoms with Crippen molar-refractivity contribution in [1.29, 1.82) is 0 Å². The number of hydrogen-bond acceptors (Lipinski definition) is 2. The van der Waals surface area contributed by atoms with Crippen LogP contribution in [0.1, 0.15) is 52.3 Å².